The van der Waals surface area contributed by atoms with Crippen molar-refractivity contribution in [3.8, 4) is 11.3 Å². The van der Waals surface area contributed by atoms with E-state index in [1.165, 1.54) is 38.6 Å². The second kappa shape index (κ2) is 18.0. The molecule has 0 bridgehead atoms. The molecule has 0 saturated carbocycles. The molecule has 0 aliphatic rings. The highest BCUT2D eigenvalue weighted by Crippen LogP contribution is 2.31. The Bertz CT molecular complexity index is 2110. The van der Waals surface area contributed by atoms with E-state index in [0.717, 1.165) is 19.9 Å². The number of hydrogen-bond acceptors (Lipinski definition) is 10. The zero-order valence-corrected chi connectivity index (χ0v) is 29.5. The lowest BCUT2D eigenvalue weighted by atomic mass is 9.86. The SMILES string of the molecule is Cn1nc(C(F)(F)F)cc1-c1cnc(NCc2ccccc2F)nc1.Cn1nc(C(F)(F)F)cc1B(O)O.Fc1ccccc1CNc1ncc(Br)cn1. The lowest BCUT2D eigenvalue weighted by molar-refractivity contribution is -0.142. The van der Waals surface area contributed by atoms with Crippen LogP contribution in [0.15, 0.2) is 89.9 Å². The van der Waals surface area contributed by atoms with Gasteiger partial charge >= 0.3 is 19.5 Å². The molecular formula is C32H28BBrF8N10O2. The Hall–Kier alpha value is -5.48. The van der Waals surface area contributed by atoms with E-state index in [1.54, 1.807) is 48.8 Å². The fourth-order valence-corrected chi connectivity index (χ4v) is 4.53. The number of anilines is 2. The predicted molar refractivity (Wildman–Crippen MR) is 184 cm³/mol. The van der Waals surface area contributed by atoms with Gasteiger partial charge in [0.2, 0.25) is 11.9 Å². The van der Waals surface area contributed by atoms with E-state index in [9.17, 15) is 35.1 Å². The van der Waals surface area contributed by atoms with Crippen molar-refractivity contribution in [2.45, 2.75) is 25.4 Å². The normalized spacial score (nSPS) is 11.2. The van der Waals surface area contributed by atoms with Crippen LogP contribution in [0, 0.1) is 11.6 Å². The molecule has 0 saturated heterocycles. The van der Waals surface area contributed by atoms with Crippen LogP contribution >= 0.6 is 15.9 Å². The molecule has 0 spiro atoms. The van der Waals surface area contributed by atoms with Gasteiger partial charge in [-0.05, 0) is 40.2 Å². The summed E-state index contributed by atoms with van der Waals surface area (Å²) < 4.78 is 104. The van der Waals surface area contributed by atoms with Crippen LogP contribution in [0.1, 0.15) is 22.5 Å². The van der Waals surface area contributed by atoms with Gasteiger partial charge in [0.1, 0.15) is 11.6 Å². The number of halogens is 9. The molecule has 284 valence electrons. The number of hydrogen-bond donors (Lipinski definition) is 4. The number of benzene rings is 2. The second-order valence-electron chi connectivity index (χ2n) is 10.9. The minimum Gasteiger partial charge on any atom is -0.422 e. The smallest absolute Gasteiger partial charge is 0.422 e. The maximum atomic E-state index is 13.5. The molecular weight excluding hydrogens is 799 g/mol. The van der Waals surface area contributed by atoms with Crippen LogP contribution in [-0.4, -0.2) is 56.7 Å². The van der Waals surface area contributed by atoms with Crippen LogP contribution in [-0.2, 0) is 39.5 Å². The summed E-state index contributed by atoms with van der Waals surface area (Å²) in [5.41, 5.74) is -0.738. The van der Waals surface area contributed by atoms with Gasteiger partial charge in [0.25, 0.3) is 0 Å². The summed E-state index contributed by atoms with van der Waals surface area (Å²) in [4.78, 5) is 16.2. The average molecular weight is 827 g/mol. The highest BCUT2D eigenvalue weighted by atomic mass is 79.9. The minimum atomic E-state index is -4.56. The standard InChI is InChI=1S/C16H13F4N5.C11H9BrFN3.C5H6BF3N2O2/c1-25-13(6-14(24-25)16(18,19)20)11-8-22-15(23-9-11)21-7-10-4-2-3-5-12(10)17;12-9-6-15-11(16-7-9)14-5-8-3-1-2-4-10(8)13;1-11-4(6(12)13)2-3(10-11)5(7,8)9/h2-6,8-9H,7H2,1H3,(H,21,22,23);1-4,6-7H,5H2,(H,14,15,16);2,12-13H,1H3. The van der Waals surface area contributed by atoms with Crippen LogP contribution in [0.3, 0.4) is 0 Å². The largest absolute Gasteiger partial charge is 0.507 e. The Morgan fingerprint density at radius 3 is 1.48 bits per heavy atom. The van der Waals surface area contributed by atoms with Crippen LogP contribution in [0.5, 0.6) is 0 Å². The third-order valence-electron chi connectivity index (χ3n) is 7.00. The number of rotatable bonds is 8. The number of aryl methyl sites for hydroxylation is 2. The fourth-order valence-electron chi connectivity index (χ4n) is 4.33. The first-order valence-corrected chi connectivity index (χ1v) is 16.0. The third-order valence-corrected chi connectivity index (χ3v) is 7.41. The van der Waals surface area contributed by atoms with E-state index in [2.05, 4.69) is 56.7 Å². The number of alkyl halides is 6. The fraction of sp³-hybridized carbons (Fsp3) is 0.188. The Morgan fingerprint density at radius 1 is 0.667 bits per heavy atom. The van der Waals surface area contributed by atoms with E-state index < -0.39 is 30.9 Å². The molecule has 0 amide bonds. The molecule has 22 heteroatoms. The summed E-state index contributed by atoms with van der Waals surface area (Å²) in [5.74, 6) is 0.143. The van der Waals surface area contributed by atoms with Crippen molar-refractivity contribution in [2.75, 3.05) is 10.6 Å². The maximum absolute atomic E-state index is 13.5. The first kappa shape index (κ1) is 41.3. The van der Waals surface area contributed by atoms with Crippen molar-refractivity contribution < 1.29 is 45.2 Å². The molecule has 0 radical (unpaired) electrons. The van der Waals surface area contributed by atoms with Crippen molar-refractivity contribution in [3.63, 3.8) is 0 Å². The third kappa shape index (κ3) is 11.8. The van der Waals surface area contributed by atoms with Gasteiger partial charge in [0, 0.05) is 68.7 Å². The van der Waals surface area contributed by atoms with Crippen LogP contribution in [0.4, 0.5) is 47.0 Å². The van der Waals surface area contributed by atoms with Crippen molar-refractivity contribution in [1.82, 2.24) is 39.5 Å². The molecule has 4 aromatic heterocycles. The van der Waals surface area contributed by atoms with E-state index in [-0.39, 0.29) is 35.4 Å². The van der Waals surface area contributed by atoms with Gasteiger partial charge in [-0.25, -0.2) is 28.7 Å². The molecule has 54 heavy (non-hydrogen) atoms. The van der Waals surface area contributed by atoms with Gasteiger partial charge in [0.15, 0.2) is 11.4 Å². The predicted octanol–water partition coefficient (Wildman–Crippen LogP) is 5.76. The van der Waals surface area contributed by atoms with Gasteiger partial charge in [-0.3, -0.25) is 9.36 Å². The van der Waals surface area contributed by atoms with Gasteiger partial charge < -0.3 is 20.7 Å². The molecule has 4 heterocycles. The number of nitrogens with zero attached hydrogens (tertiary/aromatic N) is 8. The molecule has 0 fully saturated rings. The molecule has 0 unspecified atom stereocenters. The lowest BCUT2D eigenvalue weighted by Crippen LogP contribution is -2.35. The first-order chi connectivity index (χ1) is 25.4. The minimum absolute atomic E-state index is 0.190. The van der Waals surface area contributed by atoms with Gasteiger partial charge in [-0.1, -0.05) is 36.4 Å². The van der Waals surface area contributed by atoms with Gasteiger partial charge in [-0.15, -0.1) is 0 Å². The molecule has 12 nitrogen and oxygen atoms in total. The quantitative estimate of drug-likeness (QED) is 0.110. The Balaban J connectivity index is 0.000000193. The molecule has 6 rings (SSSR count). The summed E-state index contributed by atoms with van der Waals surface area (Å²) >= 11 is 3.24. The van der Waals surface area contributed by atoms with Crippen LogP contribution < -0.4 is 16.2 Å². The summed E-state index contributed by atoms with van der Waals surface area (Å²) in [6, 6.07) is 14.4. The van der Waals surface area contributed by atoms with Crippen molar-refractivity contribution >= 4 is 40.5 Å². The van der Waals surface area contributed by atoms with E-state index in [0.29, 0.717) is 35.2 Å². The highest BCUT2D eigenvalue weighted by Gasteiger charge is 2.36. The molecule has 0 atom stereocenters. The topological polar surface area (TPSA) is 152 Å². The van der Waals surface area contributed by atoms with E-state index in [1.807, 2.05) is 0 Å². The zero-order valence-electron chi connectivity index (χ0n) is 27.9. The van der Waals surface area contributed by atoms with Crippen LogP contribution in [0.2, 0.25) is 0 Å². The zero-order chi connectivity index (χ0) is 39.6. The lowest BCUT2D eigenvalue weighted by Gasteiger charge is -2.06. The number of aromatic nitrogens is 8. The second-order valence-corrected chi connectivity index (χ2v) is 11.8. The Kier molecular flexibility index (Phi) is 13.8. The summed E-state index contributed by atoms with van der Waals surface area (Å²) in [6.45, 7) is 0.560. The Labute approximate surface area is 310 Å². The van der Waals surface area contributed by atoms with Crippen molar-refractivity contribution in [1.29, 1.82) is 0 Å². The molecule has 2 aromatic carbocycles. The summed E-state index contributed by atoms with van der Waals surface area (Å²) in [6.07, 6.45) is -3.04. The first-order valence-electron chi connectivity index (χ1n) is 15.3. The monoisotopic (exact) mass is 826 g/mol. The maximum Gasteiger partial charge on any atom is 0.507 e. The van der Waals surface area contributed by atoms with Crippen LogP contribution in [0.25, 0.3) is 11.3 Å². The molecule has 6 aromatic rings. The summed E-state index contributed by atoms with van der Waals surface area (Å²) in [5, 5.41) is 29.5. The average Bonchev–Trinajstić information content (AvgIpc) is 3.72. The highest BCUT2D eigenvalue weighted by molar-refractivity contribution is 9.10. The van der Waals surface area contributed by atoms with E-state index in [4.69, 9.17) is 10.0 Å². The van der Waals surface area contributed by atoms with Gasteiger partial charge in [0.05, 0.1) is 15.8 Å². The van der Waals surface area contributed by atoms with Crippen molar-refractivity contribution in [3.05, 3.63) is 124 Å². The molecule has 0 aliphatic heterocycles. The molecule has 4 N–H and O–H groups in total. The molecule has 0 aliphatic carbocycles. The Morgan fingerprint density at radius 2 is 1.09 bits per heavy atom. The summed E-state index contributed by atoms with van der Waals surface area (Å²) in [7, 11) is 0.660. The van der Waals surface area contributed by atoms with E-state index >= 15 is 0 Å². The number of nitrogens with one attached hydrogen (secondary N) is 2. The van der Waals surface area contributed by atoms with Gasteiger partial charge in [-0.2, -0.15) is 36.5 Å². The van der Waals surface area contributed by atoms with Crippen molar-refractivity contribution in [2.24, 2.45) is 14.1 Å².